The average Bonchev–Trinajstić information content (AvgIpc) is 2.37. The lowest BCUT2D eigenvalue weighted by Gasteiger charge is -2.27. The van der Waals surface area contributed by atoms with Crippen molar-refractivity contribution in [3.05, 3.63) is 29.6 Å². The van der Waals surface area contributed by atoms with E-state index in [2.05, 4.69) is 42.3 Å². The van der Waals surface area contributed by atoms with Crippen molar-refractivity contribution in [1.82, 2.24) is 9.88 Å². The maximum atomic E-state index is 11.3. The van der Waals surface area contributed by atoms with Crippen molar-refractivity contribution in [2.45, 2.75) is 40.3 Å². The smallest absolute Gasteiger partial charge is 0.339 e. The molecule has 0 bridgehead atoms. The van der Waals surface area contributed by atoms with Crippen LogP contribution in [0.15, 0.2) is 18.3 Å². The molecule has 0 fully saturated rings. The highest BCUT2D eigenvalue weighted by atomic mass is 16.5. The highest BCUT2D eigenvalue weighted by Gasteiger charge is 2.13. The first kappa shape index (κ1) is 15.6. The van der Waals surface area contributed by atoms with Crippen LogP contribution in [-0.4, -0.2) is 35.5 Å². The number of hydrogen-bond acceptors (Lipinski definition) is 4. The van der Waals surface area contributed by atoms with Gasteiger partial charge in [0.05, 0.1) is 18.4 Å². The van der Waals surface area contributed by atoms with Gasteiger partial charge in [-0.1, -0.05) is 13.8 Å². The summed E-state index contributed by atoms with van der Waals surface area (Å²) in [6.07, 6.45) is 1.58. The normalized spacial score (nSPS) is 11.4. The lowest BCUT2D eigenvalue weighted by molar-refractivity contribution is 0.0600. The number of aromatic nitrogens is 1. The predicted molar refractivity (Wildman–Crippen MR) is 76.0 cm³/mol. The number of methoxy groups -OCH3 is 1. The van der Waals surface area contributed by atoms with Crippen LogP contribution in [0.4, 0.5) is 0 Å². The van der Waals surface area contributed by atoms with Gasteiger partial charge >= 0.3 is 5.97 Å². The molecule has 19 heavy (non-hydrogen) atoms. The maximum absolute atomic E-state index is 11.3. The minimum Gasteiger partial charge on any atom is -0.465 e. The van der Waals surface area contributed by atoms with Crippen LogP contribution in [0.5, 0.6) is 0 Å². The summed E-state index contributed by atoms with van der Waals surface area (Å²) in [6.45, 7) is 10.6. The number of rotatable bonds is 6. The number of ether oxygens (including phenoxy) is 1. The van der Waals surface area contributed by atoms with Gasteiger partial charge in [0.25, 0.3) is 0 Å². The van der Waals surface area contributed by atoms with Crippen LogP contribution >= 0.6 is 0 Å². The highest BCUT2D eigenvalue weighted by molar-refractivity contribution is 5.88. The number of carbonyl (C=O) groups excluding carboxylic acids is 1. The van der Waals surface area contributed by atoms with Crippen molar-refractivity contribution >= 4 is 5.97 Å². The van der Waals surface area contributed by atoms with Gasteiger partial charge in [0.1, 0.15) is 0 Å². The first-order valence-corrected chi connectivity index (χ1v) is 6.71. The predicted octanol–water partition coefficient (Wildman–Crippen LogP) is 2.73. The van der Waals surface area contributed by atoms with E-state index < -0.39 is 0 Å². The maximum Gasteiger partial charge on any atom is 0.339 e. The lowest BCUT2D eigenvalue weighted by Crippen LogP contribution is -2.33. The molecule has 4 heteroatoms. The third kappa shape index (κ3) is 4.99. The molecule has 1 aromatic rings. The van der Waals surface area contributed by atoms with Crippen molar-refractivity contribution in [3.63, 3.8) is 0 Å². The van der Waals surface area contributed by atoms with Crippen LogP contribution in [0.3, 0.4) is 0 Å². The Kier molecular flexibility index (Phi) is 5.96. The van der Waals surface area contributed by atoms with Gasteiger partial charge in [-0.3, -0.25) is 9.88 Å². The van der Waals surface area contributed by atoms with Crippen LogP contribution in [0.1, 0.15) is 43.7 Å². The molecule has 1 aromatic heterocycles. The average molecular weight is 264 g/mol. The Morgan fingerprint density at radius 2 is 2.00 bits per heavy atom. The van der Waals surface area contributed by atoms with Crippen molar-refractivity contribution < 1.29 is 9.53 Å². The Morgan fingerprint density at radius 3 is 2.42 bits per heavy atom. The SMILES string of the molecule is COC(=O)c1ccc(CN(CC(C)C)C(C)C)nc1. The van der Waals surface area contributed by atoms with E-state index in [0.29, 0.717) is 17.5 Å². The van der Waals surface area contributed by atoms with Crippen LogP contribution in [-0.2, 0) is 11.3 Å². The van der Waals surface area contributed by atoms with E-state index in [1.807, 2.05) is 6.07 Å². The summed E-state index contributed by atoms with van der Waals surface area (Å²) in [5.74, 6) is 0.277. The molecular weight excluding hydrogens is 240 g/mol. The Morgan fingerprint density at radius 1 is 1.32 bits per heavy atom. The van der Waals surface area contributed by atoms with Gasteiger partial charge in [-0.05, 0) is 31.9 Å². The summed E-state index contributed by atoms with van der Waals surface area (Å²) < 4.78 is 4.66. The van der Waals surface area contributed by atoms with Crippen molar-refractivity contribution in [1.29, 1.82) is 0 Å². The molecule has 0 radical (unpaired) electrons. The summed E-state index contributed by atoms with van der Waals surface area (Å²) in [7, 11) is 1.37. The number of hydrogen-bond donors (Lipinski definition) is 0. The van der Waals surface area contributed by atoms with Gasteiger partial charge in [0.15, 0.2) is 0 Å². The molecule has 0 N–H and O–H groups in total. The van der Waals surface area contributed by atoms with E-state index >= 15 is 0 Å². The molecule has 0 aliphatic carbocycles. The number of carbonyl (C=O) groups is 1. The van der Waals surface area contributed by atoms with Crippen molar-refractivity contribution in [3.8, 4) is 0 Å². The molecule has 106 valence electrons. The molecule has 0 saturated heterocycles. The van der Waals surface area contributed by atoms with E-state index in [9.17, 15) is 4.79 Å². The first-order valence-electron chi connectivity index (χ1n) is 6.71. The second-order valence-corrected chi connectivity index (χ2v) is 5.45. The Balaban J connectivity index is 2.72. The Labute approximate surface area is 115 Å². The highest BCUT2D eigenvalue weighted by Crippen LogP contribution is 2.10. The van der Waals surface area contributed by atoms with Gasteiger partial charge in [-0.25, -0.2) is 4.79 Å². The second-order valence-electron chi connectivity index (χ2n) is 5.45. The Bertz CT molecular complexity index is 399. The molecule has 0 aliphatic heterocycles. The summed E-state index contributed by atoms with van der Waals surface area (Å²) in [6, 6.07) is 4.13. The summed E-state index contributed by atoms with van der Waals surface area (Å²) >= 11 is 0. The van der Waals surface area contributed by atoms with Gasteiger partial charge in [-0.15, -0.1) is 0 Å². The van der Waals surface area contributed by atoms with E-state index in [4.69, 9.17) is 0 Å². The largest absolute Gasteiger partial charge is 0.465 e. The minimum absolute atomic E-state index is 0.345. The van der Waals surface area contributed by atoms with Crippen molar-refractivity contribution in [2.24, 2.45) is 5.92 Å². The fourth-order valence-electron chi connectivity index (χ4n) is 1.89. The van der Waals surface area contributed by atoms with Crippen LogP contribution in [0.25, 0.3) is 0 Å². The zero-order chi connectivity index (χ0) is 14.4. The quantitative estimate of drug-likeness (QED) is 0.741. The topological polar surface area (TPSA) is 42.4 Å². The zero-order valence-corrected chi connectivity index (χ0v) is 12.5. The number of nitrogens with zero attached hydrogens (tertiary/aromatic N) is 2. The third-order valence-electron chi connectivity index (χ3n) is 2.94. The summed E-state index contributed by atoms with van der Waals surface area (Å²) in [5.41, 5.74) is 1.47. The summed E-state index contributed by atoms with van der Waals surface area (Å²) in [4.78, 5) is 18.0. The third-order valence-corrected chi connectivity index (χ3v) is 2.94. The van der Waals surface area contributed by atoms with Crippen molar-refractivity contribution in [2.75, 3.05) is 13.7 Å². The molecule has 0 unspecified atom stereocenters. The first-order chi connectivity index (χ1) is 8.93. The Hall–Kier alpha value is -1.42. The standard InChI is InChI=1S/C15H24N2O2/c1-11(2)9-17(12(3)4)10-14-7-6-13(8-16-14)15(18)19-5/h6-8,11-12H,9-10H2,1-5H3. The minimum atomic E-state index is -0.345. The molecule has 1 rings (SSSR count). The summed E-state index contributed by atoms with van der Waals surface area (Å²) in [5, 5.41) is 0. The van der Waals surface area contributed by atoms with E-state index in [0.717, 1.165) is 18.8 Å². The zero-order valence-electron chi connectivity index (χ0n) is 12.5. The van der Waals surface area contributed by atoms with Crippen LogP contribution in [0.2, 0.25) is 0 Å². The molecule has 0 aromatic carbocycles. The molecule has 0 aliphatic rings. The van der Waals surface area contributed by atoms with Gasteiger partial charge < -0.3 is 4.74 Å². The van der Waals surface area contributed by atoms with E-state index in [1.54, 1.807) is 12.3 Å². The fourth-order valence-corrected chi connectivity index (χ4v) is 1.89. The second kappa shape index (κ2) is 7.24. The van der Waals surface area contributed by atoms with Crippen LogP contribution in [0, 0.1) is 5.92 Å². The molecule has 4 nitrogen and oxygen atoms in total. The number of pyridine rings is 1. The monoisotopic (exact) mass is 264 g/mol. The molecular formula is C15H24N2O2. The van der Waals surface area contributed by atoms with Gasteiger partial charge in [0, 0.05) is 25.3 Å². The lowest BCUT2D eigenvalue weighted by atomic mass is 10.1. The van der Waals surface area contributed by atoms with E-state index in [-0.39, 0.29) is 5.97 Å². The van der Waals surface area contributed by atoms with Gasteiger partial charge in [-0.2, -0.15) is 0 Å². The molecule has 1 heterocycles. The molecule has 0 amide bonds. The fraction of sp³-hybridized carbons (Fsp3) is 0.600. The van der Waals surface area contributed by atoms with E-state index in [1.165, 1.54) is 7.11 Å². The van der Waals surface area contributed by atoms with Crippen LogP contribution < -0.4 is 0 Å². The molecule has 0 spiro atoms. The molecule has 0 saturated carbocycles. The van der Waals surface area contributed by atoms with Gasteiger partial charge in [0.2, 0.25) is 0 Å². The number of esters is 1. The molecule has 0 atom stereocenters.